The Labute approximate surface area is 171 Å². The van der Waals surface area contributed by atoms with Gasteiger partial charge in [-0.25, -0.2) is 19.3 Å². The Bertz CT molecular complexity index is 1100. The van der Waals surface area contributed by atoms with Crippen molar-refractivity contribution in [2.24, 2.45) is 0 Å². The largest absolute Gasteiger partial charge is 0.352 e. The molecule has 0 spiro atoms. The van der Waals surface area contributed by atoms with Crippen LogP contribution in [0.5, 0.6) is 0 Å². The number of rotatable bonds is 5. The van der Waals surface area contributed by atoms with Crippen molar-refractivity contribution in [1.82, 2.24) is 19.9 Å². The lowest BCUT2D eigenvalue weighted by Crippen LogP contribution is -2.59. The fourth-order valence-electron chi connectivity index (χ4n) is 3.16. The third kappa shape index (κ3) is 3.58. The average molecular weight is 413 g/mol. The van der Waals surface area contributed by atoms with E-state index >= 15 is 0 Å². The van der Waals surface area contributed by atoms with Crippen molar-refractivity contribution in [3.63, 3.8) is 0 Å². The third-order valence-electron chi connectivity index (χ3n) is 4.97. The van der Waals surface area contributed by atoms with Crippen LogP contribution < -0.4 is 10.2 Å². The number of hydrogen-bond acceptors (Lipinski definition) is 6. The molecule has 0 radical (unpaired) electrons. The first-order valence-corrected chi connectivity index (χ1v) is 9.31. The van der Waals surface area contributed by atoms with Crippen molar-refractivity contribution >= 4 is 45.7 Å². The second kappa shape index (κ2) is 7.63. The first-order chi connectivity index (χ1) is 14.0. The van der Waals surface area contributed by atoms with Crippen LogP contribution in [0, 0.1) is 5.82 Å². The Morgan fingerprint density at radius 2 is 2.17 bits per heavy atom. The Morgan fingerprint density at radius 3 is 2.93 bits per heavy atom. The van der Waals surface area contributed by atoms with Gasteiger partial charge in [0.25, 0.3) is 0 Å². The predicted octanol–water partition coefficient (Wildman–Crippen LogP) is 3.39. The Balaban J connectivity index is 1.59. The normalized spacial score (nSPS) is 13.8. The third-order valence-corrected chi connectivity index (χ3v) is 5.26. The maximum absolute atomic E-state index is 14.3. The van der Waals surface area contributed by atoms with Gasteiger partial charge in [-0.2, -0.15) is 0 Å². The van der Waals surface area contributed by atoms with E-state index in [0.29, 0.717) is 29.8 Å². The molecular weight excluding hydrogens is 395 g/mol. The molecular formula is C20H18ClFN6O. The summed E-state index contributed by atoms with van der Waals surface area (Å²) in [6, 6.07) is 6.68. The number of halogens is 2. The minimum Gasteiger partial charge on any atom is -0.352 e. The number of carbonyl (C=O) groups excluding carboxylic acids is 1. The van der Waals surface area contributed by atoms with Crippen molar-refractivity contribution in [2.45, 2.75) is 6.04 Å². The summed E-state index contributed by atoms with van der Waals surface area (Å²) in [5.41, 5.74) is 0.856. The van der Waals surface area contributed by atoms with E-state index in [1.165, 1.54) is 18.5 Å². The van der Waals surface area contributed by atoms with Gasteiger partial charge >= 0.3 is 0 Å². The molecule has 1 aliphatic rings. The Morgan fingerprint density at radius 1 is 1.38 bits per heavy atom. The summed E-state index contributed by atoms with van der Waals surface area (Å²) in [5.74, 6) is 0.536. The minimum atomic E-state index is -0.546. The highest BCUT2D eigenvalue weighted by Crippen LogP contribution is 2.30. The summed E-state index contributed by atoms with van der Waals surface area (Å²) in [6.45, 7) is 4.84. The van der Waals surface area contributed by atoms with Crippen LogP contribution in [-0.4, -0.2) is 51.9 Å². The minimum absolute atomic E-state index is 0.0283. The molecule has 0 atom stereocenters. The summed E-state index contributed by atoms with van der Waals surface area (Å²) >= 11 is 5.86. The number of fused-ring (bicyclic) bond motifs is 1. The van der Waals surface area contributed by atoms with E-state index in [-0.39, 0.29) is 22.7 Å². The van der Waals surface area contributed by atoms with Crippen molar-refractivity contribution in [3.05, 3.63) is 60.3 Å². The van der Waals surface area contributed by atoms with Crippen LogP contribution in [-0.2, 0) is 4.79 Å². The van der Waals surface area contributed by atoms with Gasteiger partial charge in [0, 0.05) is 25.5 Å². The molecule has 1 fully saturated rings. The maximum Gasteiger partial charge on any atom is 0.246 e. The van der Waals surface area contributed by atoms with Crippen molar-refractivity contribution in [2.75, 3.05) is 30.4 Å². The van der Waals surface area contributed by atoms with E-state index in [4.69, 9.17) is 11.6 Å². The number of nitrogens with one attached hydrogen (secondary N) is 1. The molecule has 2 aromatic heterocycles. The average Bonchev–Trinajstić information content (AvgIpc) is 2.70. The number of likely N-dealkylation sites (N-methyl/N-ethyl adjacent to an activating group) is 1. The van der Waals surface area contributed by atoms with Crippen molar-refractivity contribution in [3.8, 4) is 0 Å². The van der Waals surface area contributed by atoms with Crippen molar-refractivity contribution < 1.29 is 9.18 Å². The number of hydrogen-bond donors (Lipinski definition) is 1. The van der Waals surface area contributed by atoms with Crippen LogP contribution in [0.2, 0.25) is 5.02 Å². The smallest absolute Gasteiger partial charge is 0.246 e. The molecule has 0 unspecified atom stereocenters. The lowest BCUT2D eigenvalue weighted by Gasteiger charge is -2.44. The van der Waals surface area contributed by atoms with Crippen LogP contribution >= 0.6 is 11.6 Å². The lowest BCUT2D eigenvalue weighted by atomic mass is 10.1. The molecule has 4 rings (SSSR count). The number of carbonyl (C=O) groups is 1. The summed E-state index contributed by atoms with van der Waals surface area (Å²) in [6.07, 6.45) is 4.35. The van der Waals surface area contributed by atoms with Gasteiger partial charge in [0.05, 0.1) is 28.5 Å². The summed E-state index contributed by atoms with van der Waals surface area (Å²) < 4.78 is 14.3. The van der Waals surface area contributed by atoms with Crippen LogP contribution in [0.4, 0.5) is 21.7 Å². The summed E-state index contributed by atoms with van der Waals surface area (Å²) in [5, 5.41) is 3.72. The van der Waals surface area contributed by atoms with E-state index in [1.807, 2.05) is 11.0 Å². The van der Waals surface area contributed by atoms with Crippen LogP contribution in [0.1, 0.15) is 0 Å². The maximum atomic E-state index is 14.3. The molecule has 9 heteroatoms. The predicted molar refractivity (Wildman–Crippen MR) is 111 cm³/mol. The first-order valence-electron chi connectivity index (χ1n) is 8.94. The highest BCUT2D eigenvalue weighted by atomic mass is 35.5. The topological polar surface area (TPSA) is 74.2 Å². The number of anilines is 3. The fourth-order valence-corrected chi connectivity index (χ4v) is 3.33. The zero-order chi connectivity index (χ0) is 20.5. The number of amides is 1. The van der Waals surface area contributed by atoms with E-state index in [9.17, 15) is 9.18 Å². The fraction of sp³-hybridized carbons (Fsp3) is 0.200. The molecule has 3 aromatic rings. The highest BCUT2D eigenvalue weighted by Gasteiger charge is 2.32. The van der Waals surface area contributed by atoms with Gasteiger partial charge in [0.15, 0.2) is 5.82 Å². The second-order valence-electron chi connectivity index (χ2n) is 6.72. The molecule has 148 valence electrons. The van der Waals surface area contributed by atoms with Gasteiger partial charge in [0.1, 0.15) is 18.0 Å². The van der Waals surface area contributed by atoms with Crippen LogP contribution in [0.3, 0.4) is 0 Å². The molecule has 0 aliphatic carbocycles. The van der Waals surface area contributed by atoms with Crippen molar-refractivity contribution in [1.29, 1.82) is 0 Å². The van der Waals surface area contributed by atoms with E-state index < -0.39 is 5.82 Å². The number of benzene rings is 1. The zero-order valence-electron chi connectivity index (χ0n) is 15.6. The Hall–Kier alpha value is -3.26. The zero-order valence-corrected chi connectivity index (χ0v) is 16.4. The highest BCUT2D eigenvalue weighted by molar-refractivity contribution is 6.31. The SMILES string of the molecule is C=CC(=O)N(C)C1CN(c2cc3c(Nc4cccc(Cl)c4F)ncnc3cn2)C1. The van der Waals surface area contributed by atoms with Gasteiger partial charge in [-0.1, -0.05) is 24.2 Å². The molecule has 1 aromatic carbocycles. The first kappa shape index (κ1) is 19.1. The van der Waals surface area contributed by atoms with Gasteiger partial charge in [-0.3, -0.25) is 4.79 Å². The standard InChI is InChI=1S/C20H18ClFN6O/c1-3-18(29)27(2)12-9-28(10-12)17-7-13-16(8-23-17)24-11-25-20(13)26-15-6-4-5-14(21)19(15)22/h3-8,11-12H,1,9-10H2,2H3,(H,24,25,26). The Kier molecular flexibility index (Phi) is 5.02. The van der Waals surface area contributed by atoms with E-state index in [2.05, 4.69) is 26.8 Å². The monoisotopic (exact) mass is 412 g/mol. The molecule has 7 nitrogen and oxygen atoms in total. The molecule has 0 bridgehead atoms. The van der Waals surface area contributed by atoms with Crippen LogP contribution in [0.25, 0.3) is 10.9 Å². The summed E-state index contributed by atoms with van der Waals surface area (Å²) in [7, 11) is 1.76. The lowest BCUT2D eigenvalue weighted by molar-refractivity contribution is -0.127. The van der Waals surface area contributed by atoms with E-state index in [0.717, 1.165) is 5.82 Å². The van der Waals surface area contributed by atoms with E-state index in [1.54, 1.807) is 30.3 Å². The molecule has 1 amide bonds. The molecule has 1 saturated heterocycles. The number of aromatic nitrogens is 3. The molecule has 0 saturated carbocycles. The quantitative estimate of drug-likeness (QED) is 0.647. The van der Waals surface area contributed by atoms with Gasteiger partial charge < -0.3 is 15.1 Å². The van der Waals surface area contributed by atoms with Gasteiger partial charge in [-0.05, 0) is 24.3 Å². The number of pyridine rings is 1. The van der Waals surface area contributed by atoms with Crippen LogP contribution in [0.15, 0.2) is 49.4 Å². The molecule has 1 N–H and O–H groups in total. The van der Waals surface area contributed by atoms with Gasteiger partial charge in [-0.15, -0.1) is 0 Å². The number of nitrogens with zero attached hydrogens (tertiary/aromatic N) is 5. The molecule has 1 aliphatic heterocycles. The summed E-state index contributed by atoms with van der Waals surface area (Å²) in [4.78, 5) is 28.4. The van der Waals surface area contributed by atoms with Gasteiger partial charge in [0.2, 0.25) is 5.91 Å². The second-order valence-corrected chi connectivity index (χ2v) is 7.13. The molecule has 29 heavy (non-hydrogen) atoms. The molecule has 3 heterocycles.